The zero-order valence-corrected chi connectivity index (χ0v) is 13.4. The van der Waals surface area contributed by atoms with E-state index in [1.54, 1.807) is 0 Å². The molecule has 1 aliphatic rings. The van der Waals surface area contributed by atoms with Crippen LogP contribution in [0.15, 0.2) is 5.11 Å². The van der Waals surface area contributed by atoms with Gasteiger partial charge in [0.2, 0.25) is 12.4 Å². The van der Waals surface area contributed by atoms with E-state index >= 15 is 0 Å². The number of nitrogens with zero attached hydrogens (tertiary/aromatic N) is 3. The first-order chi connectivity index (χ1) is 11.3. The van der Waals surface area contributed by atoms with Crippen molar-refractivity contribution in [3.05, 3.63) is 10.4 Å². The lowest BCUT2D eigenvalue weighted by molar-refractivity contribution is -0.267. The van der Waals surface area contributed by atoms with Crippen LogP contribution in [0.5, 0.6) is 0 Å². The van der Waals surface area contributed by atoms with Crippen molar-refractivity contribution < 1.29 is 33.3 Å². The predicted molar refractivity (Wildman–Crippen MR) is 77.9 cm³/mol. The van der Waals surface area contributed by atoms with Gasteiger partial charge < -0.3 is 18.9 Å². The van der Waals surface area contributed by atoms with Crippen molar-refractivity contribution in [2.45, 2.75) is 57.8 Å². The molecule has 0 aromatic carbocycles. The number of carbonyl (C=O) groups is 3. The van der Waals surface area contributed by atoms with Crippen molar-refractivity contribution >= 4 is 17.9 Å². The molecule has 24 heavy (non-hydrogen) atoms. The normalized spacial score (nSPS) is 26.9. The molecule has 1 saturated heterocycles. The van der Waals surface area contributed by atoms with E-state index in [-0.39, 0.29) is 6.42 Å². The van der Waals surface area contributed by atoms with Crippen molar-refractivity contribution in [1.82, 2.24) is 0 Å². The molecule has 10 heteroatoms. The molecule has 5 atom stereocenters. The average molecular weight is 339 g/mol. The van der Waals surface area contributed by atoms with Gasteiger partial charge in [-0.05, 0) is 5.53 Å². The third-order valence-electron chi connectivity index (χ3n) is 3.01. The lowest BCUT2D eigenvalue weighted by Crippen LogP contribution is -2.55. The molecule has 0 N–H and O–H groups in total. The molecular weight excluding hydrogens is 322 g/mol. The highest BCUT2D eigenvalue weighted by Crippen LogP contribution is 2.29. The quantitative estimate of drug-likeness (QED) is 0.181. The Kier molecular flexibility index (Phi) is 7.04. The van der Waals surface area contributed by atoms with E-state index in [0.29, 0.717) is 0 Å². The van der Waals surface area contributed by atoms with Crippen molar-refractivity contribution in [2.75, 3.05) is 0 Å². The van der Waals surface area contributed by atoms with Crippen LogP contribution in [0.3, 0.4) is 0 Å². The summed E-state index contributed by atoms with van der Waals surface area (Å²) in [4.78, 5) is 36.5. The van der Waals surface area contributed by atoms with Gasteiger partial charge in [0.1, 0.15) is 12.1 Å². The van der Waals surface area contributed by atoms with E-state index in [1.165, 1.54) is 6.92 Å². The number of rotatable bonds is 5. The van der Waals surface area contributed by atoms with Crippen LogP contribution in [0.1, 0.15) is 27.2 Å². The fraction of sp³-hybridized carbons (Fsp3) is 0.643. The molecule has 0 spiro atoms. The standard InChI is InChI=1S/C14H17N3O7/c1-5-10(16-17-15)11-6-12(21-7(2)18)13(22-8(3)19)14(24-11)23-9(4)20/h1,10-14H,6H2,2-4H3/t10-,11+,12+,13-,14+/m1/s1. The summed E-state index contributed by atoms with van der Waals surface area (Å²) in [5.41, 5.74) is 8.56. The van der Waals surface area contributed by atoms with Crippen molar-refractivity contribution in [3.63, 3.8) is 0 Å². The zero-order chi connectivity index (χ0) is 18.3. The monoisotopic (exact) mass is 339 g/mol. The van der Waals surface area contributed by atoms with E-state index in [2.05, 4.69) is 15.9 Å². The van der Waals surface area contributed by atoms with E-state index in [4.69, 9.17) is 30.9 Å². The first kappa shape index (κ1) is 19.3. The Morgan fingerprint density at radius 3 is 2.25 bits per heavy atom. The van der Waals surface area contributed by atoms with E-state index in [1.807, 2.05) is 0 Å². The summed E-state index contributed by atoms with van der Waals surface area (Å²) in [5, 5.41) is 3.41. The second-order valence-electron chi connectivity index (χ2n) is 4.93. The number of azide groups is 1. The molecule has 0 bridgehead atoms. The average Bonchev–Trinajstić information content (AvgIpc) is 2.46. The summed E-state index contributed by atoms with van der Waals surface area (Å²) in [6.07, 6.45) is 0.876. The molecule has 1 aliphatic heterocycles. The van der Waals surface area contributed by atoms with Gasteiger partial charge in [-0.1, -0.05) is 11.0 Å². The van der Waals surface area contributed by atoms with Crippen LogP contribution >= 0.6 is 0 Å². The van der Waals surface area contributed by atoms with Gasteiger partial charge in [-0.15, -0.1) is 6.42 Å². The maximum absolute atomic E-state index is 11.3. The highest BCUT2D eigenvalue weighted by Gasteiger charge is 2.46. The smallest absolute Gasteiger partial charge is 0.305 e. The Hall–Kier alpha value is -2.76. The third kappa shape index (κ3) is 5.46. The predicted octanol–water partition coefficient (Wildman–Crippen LogP) is 0.840. The maximum atomic E-state index is 11.3. The van der Waals surface area contributed by atoms with Crippen LogP contribution in [0.25, 0.3) is 10.4 Å². The Balaban J connectivity index is 3.14. The van der Waals surface area contributed by atoms with Crippen molar-refractivity contribution in [3.8, 4) is 12.3 Å². The van der Waals surface area contributed by atoms with E-state index in [0.717, 1.165) is 13.8 Å². The fourth-order valence-electron chi connectivity index (χ4n) is 2.23. The highest BCUT2D eigenvalue weighted by molar-refractivity contribution is 5.68. The molecule has 0 saturated carbocycles. The summed E-state index contributed by atoms with van der Waals surface area (Å²) in [7, 11) is 0. The maximum Gasteiger partial charge on any atom is 0.305 e. The Morgan fingerprint density at radius 1 is 1.21 bits per heavy atom. The van der Waals surface area contributed by atoms with Crippen molar-refractivity contribution in [1.29, 1.82) is 0 Å². The van der Waals surface area contributed by atoms with Gasteiger partial charge >= 0.3 is 17.9 Å². The van der Waals surface area contributed by atoms with Crippen LogP contribution in [0, 0.1) is 12.3 Å². The molecule has 10 nitrogen and oxygen atoms in total. The molecule has 0 aromatic rings. The van der Waals surface area contributed by atoms with Gasteiger partial charge in [-0.25, -0.2) is 0 Å². The molecular formula is C14H17N3O7. The summed E-state index contributed by atoms with van der Waals surface area (Å²) >= 11 is 0. The van der Waals surface area contributed by atoms with Crippen LogP contribution < -0.4 is 0 Å². The molecule has 0 radical (unpaired) electrons. The number of hydrogen-bond donors (Lipinski definition) is 0. The van der Waals surface area contributed by atoms with Crippen LogP contribution in [-0.4, -0.2) is 48.6 Å². The molecule has 1 heterocycles. The largest absolute Gasteiger partial charge is 0.458 e. The second kappa shape index (κ2) is 8.76. The number of terminal acetylenes is 1. The minimum Gasteiger partial charge on any atom is -0.458 e. The Labute approximate surface area is 138 Å². The minimum atomic E-state index is -1.36. The Morgan fingerprint density at radius 2 is 1.79 bits per heavy atom. The molecule has 0 aliphatic carbocycles. The molecule has 1 rings (SSSR count). The Bertz CT molecular complexity index is 568. The topological polar surface area (TPSA) is 137 Å². The van der Waals surface area contributed by atoms with Crippen LogP contribution in [0.4, 0.5) is 0 Å². The van der Waals surface area contributed by atoms with Gasteiger partial charge in [0, 0.05) is 32.1 Å². The SMILES string of the molecule is C#C[C@@H](N=[N+]=[N-])[C@@H]1C[C@H](OC(C)=O)[C@@H](OC(C)=O)[C@@H](OC(C)=O)O1. The van der Waals surface area contributed by atoms with Crippen molar-refractivity contribution in [2.24, 2.45) is 5.11 Å². The molecule has 1 fully saturated rings. The van der Waals surface area contributed by atoms with Gasteiger partial charge in [-0.2, -0.15) is 0 Å². The highest BCUT2D eigenvalue weighted by atomic mass is 16.7. The number of carbonyl (C=O) groups excluding carboxylic acids is 3. The van der Waals surface area contributed by atoms with E-state index in [9.17, 15) is 14.4 Å². The molecule has 0 aromatic heterocycles. The lowest BCUT2D eigenvalue weighted by atomic mass is 9.97. The minimum absolute atomic E-state index is 0.0107. The van der Waals surface area contributed by atoms with Gasteiger partial charge in [-0.3, -0.25) is 14.4 Å². The first-order valence-corrected chi connectivity index (χ1v) is 6.96. The number of esters is 3. The molecule has 0 unspecified atom stereocenters. The molecule has 0 amide bonds. The lowest BCUT2D eigenvalue weighted by Gasteiger charge is -2.40. The third-order valence-corrected chi connectivity index (χ3v) is 3.01. The van der Waals surface area contributed by atoms with Crippen LogP contribution in [0.2, 0.25) is 0 Å². The summed E-state index contributed by atoms with van der Waals surface area (Å²) in [6, 6.07) is -1.02. The number of hydrogen-bond acceptors (Lipinski definition) is 8. The molecule has 130 valence electrons. The first-order valence-electron chi connectivity index (χ1n) is 6.96. The van der Waals surface area contributed by atoms with Gasteiger partial charge in [0.25, 0.3) is 0 Å². The van der Waals surface area contributed by atoms with Gasteiger partial charge in [0.15, 0.2) is 0 Å². The van der Waals surface area contributed by atoms with Crippen LogP contribution in [-0.2, 0) is 33.3 Å². The summed E-state index contributed by atoms with van der Waals surface area (Å²) in [6.45, 7) is 3.44. The number of ether oxygens (including phenoxy) is 4. The summed E-state index contributed by atoms with van der Waals surface area (Å²) < 4.78 is 20.7. The summed E-state index contributed by atoms with van der Waals surface area (Å²) in [5.74, 6) is 0.215. The van der Waals surface area contributed by atoms with Gasteiger partial charge in [0.05, 0.1) is 6.10 Å². The fourth-order valence-corrected chi connectivity index (χ4v) is 2.23. The van der Waals surface area contributed by atoms with E-state index < -0.39 is 48.6 Å². The second-order valence-corrected chi connectivity index (χ2v) is 4.93. The zero-order valence-electron chi connectivity index (χ0n) is 13.4.